The second-order valence-corrected chi connectivity index (χ2v) is 6.80. The molecule has 24 heavy (non-hydrogen) atoms. The zero-order chi connectivity index (χ0) is 16.8. The molecule has 0 unspecified atom stereocenters. The van der Waals surface area contributed by atoms with Crippen LogP contribution in [0.15, 0.2) is 48.8 Å². The van der Waals surface area contributed by atoms with Gasteiger partial charge in [0.25, 0.3) is 0 Å². The van der Waals surface area contributed by atoms with Crippen LogP contribution < -0.4 is 0 Å². The molecular weight excluding hydrogens is 298 g/mol. The summed E-state index contributed by atoms with van der Waals surface area (Å²) in [4.78, 5) is 14.9. The van der Waals surface area contributed by atoms with Gasteiger partial charge < -0.3 is 4.90 Å². The van der Waals surface area contributed by atoms with Gasteiger partial charge in [-0.2, -0.15) is 5.10 Å². The Bertz CT molecular complexity index is 624. The number of rotatable bonds is 6. The van der Waals surface area contributed by atoms with E-state index < -0.39 is 0 Å². The number of aryl methyl sites for hydroxylation is 1. The van der Waals surface area contributed by atoms with Gasteiger partial charge in [0.05, 0.1) is 6.04 Å². The molecule has 3 rings (SSSR count). The van der Waals surface area contributed by atoms with Gasteiger partial charge in [-0.3, -0.25) is 9.48 Å². The van der Waals surface area contributed by atoms with E-state index in [1.807, 2.05) is 16.9 Å². The van der Waals surface area contributed by atoms with Gasteiger partial charge in [-0.1, -0.05) is 30.3 Å². The SMILES string of the molecule is C[C@H](CC(=O)N1CCCC[C@@H]1CCc1ccccc1)n1cccn1. The molecule has 0 spiro atoms. The normalized spacial score (nSPS) is 19.2. The summed E-state index contributed by atoms with van der Waals surface area (Å²) >= 11 is 0. The van der Waals surface area contributed by atoms with Crippen molar-refractivity contribution in [3.05, 3.63) is 54.4 Å². The van der Waals surface area contributed by atoms with Crippen molar-refractivity contribution in [1.82, 2.24) is 14.7 Å². The Labute approximate surface area is 144 Å². The Hall–Kier alpha value is -2.10. The van der Waals surface area contributed by atoms with Crippen LogP contribution in [0.25, 0.3) is 0 Å². The molecule has 2 aromatic rings. The van der Waals surface area contributed by atoms with Crippen molar-refractivity contribution < 1.29 is 4.79 Å². The number of piperidine rings is 1. The maximum Gasteiger partial charge on any atom is 0.224 e. The highest BCUT2D eigenvalue weighted by molar-refractivity contribution is 5.77. The van der Waals surface area contributed by atoms with Crippen LogP contribution in [0.2, 0.25) is 0 Å². The van der Waals surface area contributed by atoms with E-state index in [0.717, 1.165) is 32.2 Å². The lowest BCUT2D eigenvalue weighted by Gasteiger charge is -2.36. The van der Waals surface area contributed by atoms with Gasteiger partial charge in [0.1, 0.15) is 0 Å². The second kappa shape index (κ2) is 8.13. The van der Waals surface area contributed by atoms with Gasteiger partial charge in [-0.05, 0) is 50.7 Å². The van der Waals surface area contributed by atoms with Gasteiger partial charge in [0, 0.05) is 31.4 Å². The molecule has 0 N–H and O–H groups in total. The molecule has 1 saturated heterocycles. The van der Waals surface area contributed by atoms with Crippen LogP contribution in [-0.4, -0.2) is 33.2 Å². The van der Waals surface area contributed by atoms with E-state index in [1.165, 1.54) is 12.0 Å². The molecule has 1 fully saturated rings. The van der Waals surface area contributed by atoms with E-state index in [4.69, 9.17) is 0 Å². The summed E-state index contributed by atoms with van der Waals surface area (Å²) in [7, 11) is 0. The smallest absolute Gasteiger partial charge is 0.224 e. The molecular formula is C20H27N3O. The van der Waals surface area contributed by atoms with Crippen LogP contribution in [0.3, 0.4) is 0 Å². The molecule has 4 heteroatoms. The zero-order valence-electron chi connectivity index (χ0n) is 14.5. The lowest BCUT2D eigenvalue weighted by Crippen LogP contribution is -2.44. The predicted octanol–water partition coefficient (Wildman–Crippen LogP) is 3.85. The number of carbonyl (C=O) groups is 1. The fourth-order valence-electron chi connectivity index (χ4n) is 3.61. The highest BCUT2D eigenvalue weighted by Crippen LogP contribution is 2.24. The number of aromatic nitrogens is 2. The molecule has 0 bridgehead atoms. The lowest BCUT2D eigenvalue weighted by molar-refractivity contribution is -0.135. The number of amides is 1. The van der Waals surface area contributed by atoms with E-state index in [1.54, 1.807) is 6.20 Å². The number of nitrogens with zero attached hydrogens (tertiary/aromatic N) is 3. The summed E-state index contributed by atoms with van der Waals surface area (Å²) in [6.45, 7) is 2.97. The Morgan fingerprint density at radius 3 is 2.83 bits per heavy atom. The van der Waals surface area contributed by atoms with Gasteiger partial charge in [0.15, 0.2) is 0 Å². The van der Waals surface area contributed by atoms with Crippen molar-refractivity contribution in [1.29, 1.82) is 0 Å². The molecule has 2 atom stereocenters. The first kappa shape index (κ1) is 16.7. The molecule has 0 radical (unpaired) electrons. The zero-order valence-corrected chi connectivity index (χ0v) is 14.5. The molecule has 2 heterocycles. The Morgan fingerprint density at radius 2 is 2.08 bits per heavy atom. The van der Waals surface area contributed by atoms with Crippen LogP contribution in [-0.2, 0) is 11.2 Å². The molecule has 1 aromatic carbocycles. The number of hydrogen-bond acceptors (Lipinski definition) is 2. The summed E-state index contributed by atoms with van der Waals surface area (Å²) in [5.74, 6) is 0.274. The van der Waals surface area contributed by atoms with Crippen molar-refractivity contribution >= 4 is 5.91 Å². The number of carbonyl (C=O) groups excluding carboxylic acids is 1. The largest absolute Gasteiger partial charge is 0.340 e. The van der Waals surface area contributed by atoms with E-state index in [2.05, 4.69) is 47.3 Å². The number of likely N-dealkylation sites (tertiary alicyclic amines) is 1. The van der Waals surface area contributed by atoms with Crippen LogP contribution >= 0.6 is 0 Å². The number of benzene rings is 1. The summed E-state index contributed by atoms with van der Waals surface area (Å²) in [5, 5.41) is 4.26. The van der Waals surface area contributed by atoms with Gasteiger partial charge in [-0.25, -0.2) is 0 Å². The van der Waals surface area contributed by atoms with Crippen molar-refractivity contribution in [3.63, 3.8) is 0 Å². The molecule has 4 nitrogen and oxygen atoms in total. The molecule has 1 aliphatic heterocycles. The highest BCUT2D eigenvalue weighted by Gasteiger charge is 2.27. The first-order chi connectivity index (χ1) is 11.7. The van der Waals surface area contributed by atoms with Crippen LogP contribution in [0.1, 0.15) is 50.6 Å². The molecule has 1 aliphatic rings. The minimum absolute atomic E-state index is 0.115. The molecule has 1 aromatic heterocycles. The topological polar surface area (TPSA) is 38.1 Å². The first-order valence-electron chi connectivity index (χ1n) is 9.06. The third kappa shape index (κ3) is 4.25. The highest BCUT2D eigenvalue weighted by atomic mass is 16.2. The Balaban J connectivity index is 1.58. The minimum Gasteiger partial charge on any atom is -0.340 e. The quantitative estimate of drug-likeness (QED) is 0.809. The second-order valence-electron chi connectivity index (χ2n) is 6.80. The fourth-order valence-corrected chi connectivity index (χ4v) is 3.61. The van der Waals surface area contributed by atoms with E-state index in [9.17, 15) is 4.79 Å². The molecule has 1 amide bonds. The summed E-state index contributed by atoms with van der Waals surface area (Å²) < 4.78 is 1.88. The van der Waals surface area contributed by atoms with Crippen LogP contribution in [0, 0.1) is 0 Å². The minimum atomic E-state index is 0.115. The standard InChI is InChI=1S/C20H27N3O/c1-17(23-15-7-13-21-23)16-20(24)22-14-6-5-10-19(22)12-11-18-8-3-2-4-9-18/h2-4,7-9,13,15,17,19H,5-6,10-12,14,16H2,1H3/t17-,19-/m1/s1. The predicted molar refractivity (Wildman–Crippen MR) is 95.7 cm³/mol. The fraction of sp³-hybridized carbons (Fsp3) is 0.500. The van der Waals surface area contributed by atoms with Gasteiger partial charge in [0.2, 0.25) is 5.91 Å². The Kier molecular flexibility index (Phi) is 5.68. The molecule has 0 saturated carbocycles. The monoisotopic (exact) mass is 325 g/mol. The average molecular weight is 325 g/mol. The van der Waals surface area contributed by atoms with Crippen molar-refractivity contribution in [2.45, 2.75) is 57.5 Å². The van der Waals surface area contributed by atoms with Gasteiger partial charge >= 0.3 is 0 Å². The average Bonchev–Trinajstić information content (AvgIpc) is 3.16. The van der Waals surface area contributed by atoms with Crippen LogP contribution in [0.5, 0.6) is 0 Å². The third-order valence-electron chi connectivity index (χ3n) is 5.00. The van der Waals surface area contributed by atoms with E-state index >= 15 is 0 Å². The van der Waals surface area contributed by atoms with E-state index in [0.29, 0.717) is 12.5 Å². The van der Waals surface area contributed by atoms with E-state index in [-0.39, 0.29) is 11.9 Å². The van der Waals surface area contributed by atoms with Crippen molar-refractivity contribution in [3.8, 4) is 0 Å². The van der Waals surface area contributed by atoms with Gasteiger partial charge in [-0.15, -0.1) is 0 Å². The Morgan fingerprint density at radius 1 is 1.25 bits per heavy atom. The summed E-state index contributed by atoms with van der Waals surface area (Å²) in [6.07, 6.45) is 9.83. The van der Waals surface area contributed by atoms with Crippen molar-refractivity contribution in [2.24, 2.45) is 0 Å². The summed E-state index contributed by atoms with van der Waals surface area (Å²) in [5.41, 5.74) is 1.36. The summed E-state index contributed by atoms with van der Waals surface area (Å²) in [6, 6.07) is 13.0. The third-order valence-corrected chi connectivity index (χ3v) is 5.00. The van der Waals surface area contributed by atoms with Crippen molar-refractivity contribution in [2.75, 3.05) is 6.54 Å². The molecule has 0 aliphatic carbocycles. The molecule has 128 valence electrons. The lowest BCUT2D eigenvalue weighted by atomic mass is 9.95. The van der Waals surface area contributed by atoms with Crippen LogP contribution in [0.4, 0.5) is 0 Å². The maximum atomic E-state index is 12.8. The maximum absolute atomic E-state index is 12.8. The number of hydrogen-bond donors (Lipinski definition) is 0. The first-order valence-corrected chi connectivity index (χ1v) is 9.06.